The molecule has 10 heteroatoms. The number of rotatable bonds is 5. The Morgan fingerprint density at radius 1 is 1.44 bits per heavy atom. The fourth-order valence-electron chi connectivity index (χ4n) is 2.27. The van der Waals surface area contributed by atoms with Crippen LogP contribution in [0.1, 0.15) is 0 Å². The third kappa shape index (κ3) is 4.64. The summed E-state index contributed by atoms with van der Waals surface area (Å²) in [5.41, 5.74) is 5.76. The lowest BCUT2D eigenvalue weighted by atomic mass is 10.2. The molecule has 0 saturated carbocycles. The lowest BCUT2D eigenvalue weighted by Gasteiger charge is -2.27. The quantitative estimate of drug-likeness (QED) is 0.561. The minimum absolute atomic E-state index is 0.0960. The van der Waals surface area contributed by atoms with Crippen LogP contribution in [0.2, 0.25) is 0 Å². The van der Waals surface area contributed by atoms with Gasteiger partial charge in [-0.25, -0.2) is 9.18 Å². The highest BCUT2D eigenvalue weighted by atomic mass is 19.1. The fraction of sp³-hybridized carbons (Fsp3) is 0.400. The molecular formula is C15H20FN5O4. The molecule has 0 radical (unpaired) electrons. The van der Waals surface area contributed by atoms with E-state index in [1.165, 1.54) is 24.1 Å². The predicted octanol–water partition coefficient (Wildman–Crippen LogP) is -0.616. The average molecular weight is 353 g/mol. The summed E-state index contributed by atoms with van der Waals surface area (Å²) >= 11 is 0. The summed E-state index contributed by atoms with van der Waals surface area (Å²) in [6, 6.07) is 2.44. The van der Waals surface area contributed by atoms with Gasteiger partial charge in [0.05, 0.1) is 12.3 Å². The van der Waals surface area contributed by atoms with Gasteiger partial charge >= 0.3 is 6.03 Å². The summed E-state index contributed by atoms with van der Waals surface area (Å²) in [5.74, 6) is -1.57. The van der Waals surface area contributed by atoms with E-state index in [4.69, 9.17) is 10.5 Å². The van der Waals surface area contributed by atoms with Gasteiger partial charge in [0.25, 0.3) is 5.91 Å². The Bertz CT molecular complexity index is 669. The van der Waals surface area contributed by atoms with Crippen LogP contribution in [0.15, 0.2) is 18.2 Å². The minimum atomic E-state index is -0.969. The molecule has 25 heavy (non-hydrogen) atoms. The van der Waals surface area contributed by atoms with Gasteiger partial charge in [-0.2, -0.15) is 0 Å². The summed E-state index contributed by atoms with van der Waals surface area (Å²) in [6.45, 7) is 0.364. The van der Waals surface area contributed by atoms with Crippen LogP contribution in [0.25, 0.3) is 0 Å². The zero-order chi connectivity index (χ0) is 18.4. The second-order valence-electron chi connectivity index (χ2n) is 5.27. The number of nitrogens with one attached hydrogen (secondary N) is 3. The van der Waals surface area contributed by atoms with Gasteiger partial charge in [-0.3, -0.25) is 9.59 Å². The molecule has 1 aliphatic heterocycles. The number of ether oxygens (including phenoxy) is 1. The van der Waals surface area contributed by atoms with Crippen molar-refractivity contribution in [2.24, 2.45) is 5.73 Å². The standard InChI is InChI=1S/C15H20FN5O4/c1-18-15(24)20-11(7-17)14(23)19-9-2-3-12(10(16)6-9)21-4-5-25-8-13(21)22/h2-3,6,11H,4-5,7-8,17H2,1H3,(H,19,23)(H2,18,20,24)/t11-/m0/s1. The first kappa shape index (κ1) is 18.6. The van der Waals surface area contributed by atoms with E-state index < -0.39 is 23.8 Å². The maximum atomic E-state index is 14.3. The van der Waals surface area contributed by atoms with E-state index in [-0.39, 0.29) is 37.0 Å². The zero-order valence-corrected chi connectivity index (χ0v) is 13.7. The second kappa shape index (κ2) is 8.40. The summed E-state index contributed by atoms with van der Waals surface area (Å²) < 4.78 is 19.3. The fourth-order valence-corrected chi connectivity index (χ4v) is 2.27. The van der Waals surface area contributed by atoms with E-state index in [1.807, 2.05) is 0 Å². The smallest absolute Gasteiger partial charge is 0.315 e. The average Bonchev–Trinajstić information content (AvgIpc) is 2.60. The number of urea groups is 1. The number of nitrogens with zero attached hydrogens (tertiary/aromatic N) is 1. The first-order valence-corrected chi connectivity index (χ1v) is 7.63. The van der Waals surface area contributed by atoms with Crippen LogP contribution in [0, 0.1) is 5.82 Å². The molecule has 0 aromatic heterocycles. The number of hydrogen-bond acceptors (Lipinski definition) is 5. The van der Waals surface area contributed by atoms with Gasteiger partial charge in [0.15, 0.2) is 0 Å². The molecule has 0 aliphatic carbocycles. The third-order valence-electron chi connectivity index (χ3n) is 3.58. The number of anilines is 2. The molecule has 4 amide bonds. The topological polar surface area (TPSA) is 126 Å². The van der Waals surface area contributed by atoms with Crippen molar-refractivity contribution in [1.82, 2.24) is 10.6 Å². The third-order valence-corrected chi connectivity index (χ3v) is 3.58. The van der Waals surface area contributed by atoms with E-state index >= 15 is 0 Å². The number of carbonyl (C=O) groups is 3. The summed E-state index contributed by atoms with van der Waals surface area (Å²) in [4.78, 5) is 36.5. The molecule has 0 spiro atoms. The molecule has 0 unspecified atom stereocenters. The number of amides is 4. The molecule has 1 atom stereocenters. The van der Waals surface area contributed by atoms with Crippen molar-refractivity contribution >= 4 is 29.2 Å². The van der Waals surface area contributed by atoms with Crippen molar-refractivity contribution < 1.29 is 23.5 Å². The predicted molar refractivity (Wildman–Crippen MR) is 88.6 cm³/mol. The van der Waals surface area contributed by atoms with Crippen LogP contribution < -0.4 is 26.6 Å². The molecule has 1 aromatic carbocycles. The summed E-state index contributed by atoms with van der Waals surface area (Å²) in [5, 5.41) is 7.16. The van der Waals surface area contributed by atoms with E-state index in [1.54, 1.807) is 0 Å². The van der Waals surface area contributed by atoms with Gasteiger partial charge in [-0.1, -0.05) is 0 Å². The van der Waals surface area contributed by atoms with E-state index in [0.29, 0.717) is 6.61 Å². The normalized spacial score (nSPS) is 15.5. The van der Waals surface area contributed by atoms with Crippen LogP contribution in [0.5, 0.6) is 0 Å². The highest BCUT2D eigenvalue weighted by Gasteiger charge is 2.24. The maximum Gasteiger partial charge on any atom is 0.315 e. The molecular weight excluding hydrogens is 333 g/mol. The molecule has 1 aromatic rings. The molecule has 1 fully saturated rings. The Morgan fingerprint density at radius 2 is 2.20 bits per heavy atom. The number of morpholine rings is 1. The van der Waals surface area contributed by atoms with Crippen LogP contribution in [0.4, 0.5) is 20.6 Å². The minimum Gasteiger partial charge on any atom is -0.370 e. The lowest BCUT2D eigenvalue weighted by molar-refractivity contribution is -0.125. The van der Waals surface area contributed by atoms with Crippen LogP contribution in [0.3, 0.4) is 0 Å². The Hall–Kier alpha value is -2.72. The lowest BCUT2D eigenvalue weighted by Crippen LogP contribution is -2.50. The highest BCUT2D eigenvalue weighted by molar-refractivity contribution is 5.98. The summed E-state index contributed by atoms with van der Waals surface area (Å²) in [6.07, 6.45) is 0. The molecule has 0 bridgehead atoms. The number of hydrogen-bond donors (Lipinski definition) is 4. The van der Waals surface area contributed by atoms with Gasteiger partial charge in [-0.05, 0) is 18.2 Å². The first-order valence-electron chi connectivity index (χ1n) is 7.63. The molecule has 5 N–H and O–H groups in total. The number of nitrogens with two attached hydrogens (primary N) is 1. The Balaban J connectivity index is 2.08. The molecule has 136 valence electrons. The molecule has 9 nitrogen and oxygen atoms in total. The maximum absolute atomic E-state index is 14.3. The van der Waals surface area contributed by atoms with Crippen LogP contribution in [-0.4, -0.2) is 57.2 Å². The number of halogens is 1. The van der Waals surface area contributed by atoms with Crippen molar-refractivity contribution in [2.45, 2.75) is 6.04 Å². The van der Waals surface area contributed by atoms with E-state index in [9.17, 15) is 18.8 Å². The molecule has 1 heterocycles. The molecule has 1 saturated heterocycles. The molecule has 2 rings (SSSR count). The van der Waals surface area contributed by atoms with Gasteiger partial charge < -0.3 is 31.3 Å². The van der Waals surface area contributed by atoms with Gasteiger partial charge in [0.2, 0.25) is 5.91 Å². The monoisotopic (exact) mass is 353 g/mol. The SMILES string of the molecule is CNC(=O)N[C@@H](CN)C(=O)Nc1ccc(N2CCOCC2=O)c(F)c1. The van der Waals surface area contributed by atoms with Gasteiger partial charge in [-0.15, -0.1) is 0 Å². The zero-order valence-electron chi connectivity index (χ0n) is 13.7. The first-order chi connectivity index (χ1) is 12.0. The van der Waals surface area contributed by atoms with Crippen molar-refractivity contribution in [3.63, 3.8) is 0 Å². The highest BCUT2D eigenvalue weighted by Crippen LogP contribution is 2.24. The van der Waals surface area contributed by atoms with Crippen molar-refractivity contribution in [3.8, 4) is 0 Å². The molecule has 1 aliphatic rings. The second-order valence-corrected chi connectivity index (χ2v) is 5.27. The summed E-state index contributed by atoms with van der Waals surface area (Å²) in [7, 11) is 1.40. The Kier molecular flexibility index (Phi) is 6.25. The number of benzene rings is 1. The van der Waals surface area contributed by atoms with Crippen LogP contribution >= 0.6 is 0 Å². The number of carbonyl (C=O) groups excluding carboxylic acids is 3. The van der Waals surface area contributed by atoms with Crippen molar-refractivity contribution in [2.75, 3.05) is 43.6 Å². The van der Waals surface area contributed by atoms with Crippen molar-refractivity contribution in [3.05, 3.63) is 24.0 Å². The van der Waals surface area contributed by atoms with Crippen LogP contribution in [-0.2, 0) is 14.3 Å². The van der Waals surface area contributed by atoms with Crippen molar-refractivity contribution in [1.29, 1.82) is 0 Å². The van der Waals surface area contributed by atoms with Gasteiger partial charge in [0.1, 0.15) is 18.5 Å². The largest absolute Gasteiger partial charge is 0.370 e. The van der Waals surface area contributed by atoms with Gasteiger partial charge in [0, 0.05) is 25.8 Å². The Labute approximate surface area is 143 Å². The Morgan fingerprint density at radius 3 is 2.80 bits per heavy atom. The van der Waals surface area contributed by atoms with E-state index in [2.05, 4.69) is 16.0 Å². The van der Waals surface area contributed by atoms with E-state index in [0.717, 1.165) is 6.07 Å².